The lowest BCUT2D eigenvalue weighted by Gasteiger charge is -2.39. The molecule has 0 heteroatoms. The second-order valence-electron chi connectivity index (χ2n) is 23.7. The summed E-state index contributed by atoms with van der Waals surface area (Å²) in [6.45, 7) is 0. The van der Waals surface area contributed by atoms with Crippen molar-refractivity contribution in [1.82, 2.24) is 0 Å². The molecule has 2 atom stereocenters. The molecule has 2 unspecified atom stereocenters. The number of hydrogen-bond acceptors (Lipinski definition) is 0. The lowest BCUT2D eigenvalue weighted by Crippen LogP contribution is -2.20. The third-order valence-electron chi connectivity index (χ3n) is 18.6. The summed E-state index contributed by atoms with van der Waals surface area (Å²) in [4.78, 5) is 0. The minimum atomic E-state index is -0.0975. The third-order valence-corrected chi connectivity index (χ3v) is 18.6. The molecule has 0 aromatic heterocycles. The van der Waals surface area contributed by atoms with Gasteiger partial charge in [0.05, 0.1) is 0 Å². The summed E-state index contributed by atoms with van der Waals surface area (Å²) in [5.41, 5.74) is 33.8. The van der Waals surface area contributed by atoms with Crippen LogP contribution in [0, 0.1) is 0 Å². The van der Waals surface area contributed by atoms with Crippen LogP contribution in [0.15, 0.2) is 364 Å². The van der Waals surface area contributed by atoms with Gasteiger partial charge in [-0.05, 0) is 180 Å². The van der Waals surface area contributed by atoms with Gasteiger partial charge in [-0.2, -0.15) is 0 Å². The van der Waals surface area contributed by atoms with Gasteiger partial charge in [-0.3, -0.25) is 0 Å². The fourth-order valence-corrected chi connectivity index (χ4v) is 14.4. The SMILES string of the molecule is C1=C(c2ccccc2-c2ccccc2)C(c2ccccc2-c2ccccc2)=CC2c3cc(-c4ccccc4-c4ccccc4)c(-c4ccccc4-c4ccccc4)cc3-c3cc(-c4ccccc4-c4ccccc4)c(-c4ccccc4-c4ccccc4)cc3C12. The van der Waals surface area contributed by atoms with Crippen molar-refractivity contribution in [3.63, 3.8) is 0 Å². The number of fused-ring (bicyclic) bond motifs is 6. The van der Waals surface area contributed by atoms with Gasteiger partial charge in [-0.1, -0.05) is 340 Å². The van der Waals surface area contributed by atoms with Gasteiger partial charge < -0.3 is 0 Å². The molecule has 0 bridgehead atoms. The van der Waals surface area contributed by atoms with Crippen molar-refractivity contribution >= 4 is 11.1 Å². The fraction of sp³-hybridized carbons (Fsp3) is 0.0222. The summed E-state index contributed by atoms with van der Waals surface area (Å²) in [6, 6.07) is 130. The molecule has 0 N–H and O–H groups in total. The topological polar surface area (TPSA) is 0 Å². The molecule has 0 heterocycles. The van der Waals surface area contributed by atoms with Crippen LogP contribution in [0.4, 0.5) is 0 Å². The van der Waals surface area contributed by atoms with E-state index in [-0.39, 0.29) is 11.8 Å². The average molecular weight is 1140 g/mol. The summed E-state index contributed by atoms with van der Waals surface area (Å²) < 4.78 is 0. The smallest absolute Gasteiger partial charge is 0.0138 e. The molecular weight excluding hydrogens is 1080 g/mol. The van der Waals surface area contributed by atoms with E-state index in [1.807, 2.05) is 0 Å². The van der Waals surface area contributed by atoms with E-state index in [4.69, 9.17) is 0 Å². The molecule has 2 aliphatic carbocycles. The van der Waals surface area contributed by atoms with E-state index in [9.17, 15) is 0 Å². The van der Waals surface area contributed by atoms with Gasteiger partial charge >= 0.3 is 0 Å². The minimum Gasteiger partial charge on any atom is -0.0675 e. The molecule has 2 aliphatic rings. The maximum Gasteiger partial charge on any atom is 0.0138 e. The summed E-state index contributed by atoms with van der Waals surface area (Å²) in [5, 5.41) is 0. The van der Waals surface area contributed by atoms with Crippen molar-refractivity contribution in [2.75, 3.05) is 0 Å². The van der Waals surface area contributed by atoms with Gasteiger partial charge in [0.1, 0.15) is 0 Å². The molecule has 0 radical (unpaired) electrons. The fourth-order valence-electron chi connectivity index (χ4n) is 14.4. The highest BCUT2D eigenvalue weighted by molar-refractivity contribution is 6.12. The van der Waals surface area contributed by atoms with Gasteiger partial charge in [-0.25, -0.2) is 0 Å². The summed E-state index contributed by atoms with van der Waals surface area (Å²) in [5.74, 6) is -0.195. The Bertz CT molecular complexity index is 4700. The van der Waals surface area contributed by atoms with Crippen LogP contribution in [-0.4, -0.2) is 0 Å². The molecule has 14 aromatic carbocycles. The van der Waals surface area contributed by atoms with Crippen LogP contribution < -0.4 is 0 Å². The normalized spacial score (nSPS) is 13.9. The van der Waals surface area contributed by atoms with Gasteiger partial charge in [0.25, 0.3) is 0 Å². The highest BCUT2D eigenvalue weighted by atomic mass is 14.4. The van der Waals surface area contributed by atoms with E-state index < -0.39 is 0 Å². The van der Waals surface area contributed by atoms with Crippen LogP contribution in [0.25, 0.3) is 134 Å². The van der Waals surface area contributed by atoms with Gasteiger partial charge in [0.2, 0.25) is 0 Å². The van der Waals surface area contributed by atoms with Crippen LogP contribution in [0.1, 0.15) is 34.1 Å². The molecule has 0 nitrogen and oxygen atoms in total. The molecule has 0 aliphatic heterocycles. The van der Waals surface area contributed by atoms with Crippen LogP contribution in [0.3, 0.4) is 0 Å². The lowest BCUT2D eigenvalue weighted by atomic mass is 9.64. The molecular formula is C90H62. The molecule has 422 valence electrons. The minimum absolute atomic E-state index is 0.0975. The molecule has 0 saturated carbocycles. The van der Waals surface area contributed by atoms with Crippen LogP contribution in [-0.2, 0) is 0 Å². The lowest BCUT2D eigenvalue weighted by molar-refractivity contribution is 0.725. The van der Waals surface area contributed by atoms with Crippen LogP contribution in [0.5, 0.6) is 0 Å². The van der Waals surface area contributed by atoms with Gasteiger partial charge in [0, 0.05) is 11.8 Å². The quantitative estimate of drug-likeness (QED) is 0.114. The molecule has 0 spiro atoms. The Labute approximate surface area is 528 Å². The van der Waals surface area contributed by atoms with E-state index in [1.54, 1.807) is 0 Å². The van der Waals surface area contributed by atoms with Crippen molar-refractivity contribution in [3.8, 4) is 122 Å². The molecule has 0 saturated heterocycles. The molecule has 14 aromatic rings. The largest absolute Gasteiger partial charge is 0.0675 e. The zero-order valence-corrected chi connectivity index (χ0v) is 49.8. The number of hydrogen-bond donors (Lipinski definition) is 0. The van der Waals surface area contributed by atoms with E-state index in [1.165, 1.54) is 156 Å². The monoisotopic (exact) mass is 1140 g/mol. The zero-order chi connectivity index (χ0) is 59.7. The van der Waals surface area contributed by atoms with Crippen molar-refractivity contribution in [2.24, 2.45) is 0 Å². The van der Waals surface area contributed by atoms with Crippen LogP contribution in [0.2, 0.25) is 0 Å². The maximum absolute atomic E-state index is 2.67. The van der Waals surface area contributed by atoms with Crippen molar-refractivity contribution in [1.29, 1.82) is 0 Å². The highest BCUT2D eigenvalue weighted by Gasteiger charge is 2.39. The Morgan fingerprint density at radius 2 is 0.311 bits per heavy atom. The van der Waals surface area contributed by atoms with Crippen LogP contribution >= 0.6 is 0 Å². The predicted octanol–water partition coefficient (Wildman–Crippen LogP) is 24.4. The van der Waals surface area contributed by atoms with Crippen molar-refractivity contribution in [3.05, 3.63) is 386 Å². The first-order valence-corrected chi connectivity index (χ1v) is 31.4. The number of benzene rings is 14. The first-order chi connectivity index (χ1) is 44.7. The number of allylic oxidation sites excluding steroid dienone is 4. The zero-order valence-electron chi connectivity index (χ0n) is 49.8. The first kappa shape index (κ1) is 54.0. The Hall–Kier alpha value is -11.4. The van der Waals surface area contributed by atoms with E-state index in [2.05, 4.69) is 364 Å². The molecule has 0 amide bonds. The standard InChI is InChI=1S/C90H62/c1-7-31-61(32-8-1)67-43-19-25-49-73(67)79-55-85-86(56-80(79)74-50-26-20-44-68(74)62-33-9-2-10-34-62)88-58-82(76-52-28-22-46-70(76)64-37-13-4-14-38-64)84(78-54-30-24-48-72(78)66-41-17-6-18-42-66)60-90(88)89-59-83(77-53-29-23-47-71(77)65-39-15-5-16-40-65)81(57-87(85)89)75-51-27-21-45-69(75)63-35-11-3-12-36-63/h1-60,85-86H. The van der Waals surface area contributed by atoms with Gasteiger partial charge in [0.15, 0.2) is 0 Å². The maximum atomic E-state index is 2.67. The molecule has 16 rings (SSSR count). The van der Waals surface area contributed by atoms with E-state index >= 15 is 0 Å². The van der Waals surface area contributed by atoms with Gasteiger partial charge in [-0.15, -0.1) is 0 Å². The molecule has 0 fully saturated rings. The average Bonchev–Trinajstić information content (AvgIpc) is 0.731. The number of rotatable bonds is 12. The predicted molar refractivity (Wildman–Crippen MR) is 381 cm³/mol. The highest BCUT2D eigenvalue weighted by Crippen LogP contribution is 2.59. The summed E-state index contributed by atoms with van der Waals surface area (Å²) >= 11 is 0. The van der Waals surface area contributed by atoms with Crippen molar-refractivity contribution in [2.45, 2.75) is 11.8 Å². The van der Waals surface area contributed by atoms with E-state index in [0.717, 1.165) is 0 Å². The Morgan fingerprint density at radius 3 is 0.544 bits per heavy atom. The Kier molecular flexibility index (Phi) is 14.2. The third kappa shape index (κ3) is 9.86. The van der Waals surface area contributed by atoms with Crippen molar-refractivity contribution < 1.29 is 0 Å². The first-order valence-electron chi connectivity index (χ1n) is 31.4. The Balaban J connectivity index is 1.06. The molecule has 90 heavy (non-hydrogen) atoms. The summed E-state index contributed by atoms with van der Waals surface area (Å²) in [7, 11) is 0. The second-order valence-corrected chi connectivity index (χ2v) is 23.7. The van der Waals surface area contributed by atoms with E-state index in [0.29, 0.717) is 0 Å². The Morgan fingerprint density at radius 1 is 0.133 bits per heavy atom. The summed E-state index contributed by atoms with van der Waals surface area (Å²) in [6.07, 6.45) is 5.35. The second kappa shape index (κ2) is 23.7.